The van der Waals surface area contributed by atoms with E-state index in [1.165, 1.54) is 12.1 Å². The summed E-state index contributed by atoms with van der Waals surface area (Å²) in [6.45, 7) is 1.84. The molecule has 0 radical (unpaired) electrons. The summed E-state index contributed by atoms with van der Waals surface area (Å²) in [5.41, 5.74) is 5.41. The van der Waals surface area contributed by atoms with Gasteiger partial charge in [0.15, 0.2) is 0 Å². The van der Waals surface area contributed by atoms with Crippen molar-refractivity contribution in [3.8, 4) is 0 Å². The predicted molar refractivity (Wildman–Crippen MR) is 76.4 cm³/mol. The minimum atomic E-state index is -3.82. The first-order valence-electron chi connectivity index (χ1n) is 6.42. The van der Waals surface area contributed by atoms with Crippen LogP contribution < -0.4 is 10.5 Å². The fraction of sp³-hybridized carbons (Fsp3) is 0.385. The van der Waals surface area contributed by atoms with E-state index in [4.69, 9.17) is 10.8 Å². The van der Waals surface area contributed by atoms with E-state index in [1.54, 1.807) is 6.92 Å². The summed E-state index contributed by atoms with van der Waals surface area (Å²) in [6.07, 6.45) is 0.824. The van der Waals surface area contributed by atoms with E-state index in [9.17, 15) is 18.0 Å². The lowest BCUT2D eigenvalue weighted by atomic mass is 10.1. The molecule has 0 aliphatic heterocycles. The van der Waals surface area contributed by atoms with Gasteiger partial charge in [0.2, 0.25) is 15.9 Å². The van der Waals surface area contributed by atoms with Crippen LogP contribution in [0.2, 0.25) is 0 Å². The number of rotatable bonds is 8. The maximum atomic E-state index is 12.2. The Balaban J connectivity index is 2.97. The molecule has 116 valence electrons. The van der Waals surface area contributed by atoms with Crippen molar-refractivity contribution in [3.63, 3.8) is 0 Å². The Bertz CT molecular complexity index is 640. The molecule has 0 saturated heterocycles. The Labute approximate surface area is 123 Å². The third-order valence-corrected chi connectivity index (χ3v) is 4.42. The normalized spacial score (nSPS) is 11.3. The lowest BCUT2D eigenvalue weighted by Crippen LogP contribution is -2.27. The van der Waals surface area contributed by atoms with Crippen LogP contribution in [-0.4, -0.2) is 31.9 Å². The summed E-state index contributed by atoms with van der Waals surface area (Å²) < 4.78 is 26.8. The van der Waals surface area contributed by atoms with Crippen molar-refractivity contribution in [2.75, 3.05) is 6.54 Å². The fourth-order valence-corrected chi connectivity index (χ4v) is 3.18. The molecule has 21 heavy (non-hydrogen) atoms. The van der Waals surface area contributed by atoms with Gasteiger partial charge in [-0.05, 0) is 30.5 Å². The molecule has 0 aliphatic rings. The number of carboxylic acid groups (broad SMARTS) is 1. The van der Waals surface area contributed by atoms with Crippen LogP contribution in [0, 0.1) is 0 Å². The average Bonchev–Trinajstić information content (AvgIpc) is 2.42. The molecule has 1 rings (SSSR count). The number of aromatic carboxylic acids is 1. The number of benzene rings is 1. The second-order valence-corrected chi connectivity index (χ2v) is 6.18. The summed E-state index contributed by atoms with van der Waals surface area (Å²) in [7, 11) is -3.82. The Morgan fingerprint density at radius 3 is 2.52 bits per heavy atom. The first-order valence-corrected chi connectivity index (χ1v) is 7.90. The van der Waals surface area contributed by atoms with Gasteiger partial charge in [-0.2, -0.15) is 0 Å². The van der Waals surface area contributed by atoms with Gasteiger partial charge in [0, 0.05) is 13.0 Å². The van der Waals surface area contributed by atoms with Crippen molar-refractivity contribution < 1.29 is 23.1 Å². The fourth-order valence-electron chi connectivity index (χ4n) is 1.78. The van der Waals surface area contributed by atoms with Crippen molar-refractivity contribution in [1.82, 2.24) is 4.72 Å². The molecule has 1 aromatic carbocycles. The zero-order valence-electron chi connectivity index (χ0n) is 11.6. The van der Waals surface area contributed by atoms with Gasteiger partial charge in [-0.25, -0.2) is 17.9 Å². The molecule has 0 heterocycles. The largest absolute Gasteiger partial charge is 0.478 e. The molecule has 0 bridgehead atoms. The number of aryl methyl sites for hydroxylation is 1. The Morgan fingerprint density at radius 2 is 2.00 bits per heavy atom. The van der Waals surface area contributed by atoms with Crippen LogP contribution in [-0.2, 0) is 21.2 Å². The number of carbonyl (C=O) groups is 2. The Hall–Kier alpha value is -1.93. The highest BCUT2D eigenvalue weighted by Crippen LogP contribution is 2.18. The highest BCUT2D eigenvalue weighted by molar-refractivity contribution is 7.89. The first kappa shape index (κ1) is 17.1. The van der Waals surface area contributed by atoms with Gasteiger partial charge in [-0.15, -0.1) is 0 Å². The van der Waals surface area contributed by atoms with Gasteiger partial charge in [0.25, 0.3) is 0 Å². The molecule has 0 atom stereocenters. The number of hydrogen-bond acceptors (Lipinski definition) is 4. The Kier molecular flexibility index (Phi) is 5.86. The van der Waals surface area contributed by atoms with Crippen LogP contribution >= 0.6 is 0 Å². The lowest BCUT2D eigenvalue weighted by molar-refractivity contribution is -0.118. The number of nitrogens with two attached hydrogens (primary N) is 1. The Morgan fingerprint density at radius 1 is 1.33 bits per heavy atom. The van der Waals surface area contributed by atoms with Gasteiger partial charge >= 0.3 is 5.97 Å². The minimum Gasteiger partial charge on any atom is -0.478 e. The van der Waals surface area contributed by atoms with Crippen molar-refractivity contribution in [2.45, 2.75) is 31.1 Å². The third-order valence-electron chi connectivity index (χ3n) is 2.88. The van der Waals surface area contributed by atoms with E-state index >= 15 is 0 Å². The van der Waals surface area contributed by atoms with Gasteiger partial charge in [0.05, 0.1) is 10.5 Å². The van der Waals surface area contributed by atoms with Crippen LogP contribution in [0.4, 0.5) is 0 Å². The van der Waals surface area contributed by atoms with Gasteiger partial charge in [-0.1, -0.05) is 13.0 Å². The molecule has 0 spiro atoms. The van der Waals surface area contributed by atoms with Crippen LogP contribution in [0.25, 0.3) is 0 Å². The standard InChI is InChI=1S/C13H18N2O5S/c1-2-9-5-6-10(13(17)18)8-11(9)21(19,20)15-7-3-4-12(14)16/h5-6,8,15H,2-4,7H2,1H3,(H2,14,16)(H,17,18). The number of primary amides is 1. The number of carbonyl (C=O) groups excluding carboxylic acids is 1. The smallest absolute Gasteiger partial charge is 0.335 e. The highest BCUT2D eigenvalue weighted by atomic mass is 32.2. The summed E-state index contributed by atoms with van der Waals surface area (Å²) in [6, 6.07) is 3.99. The van der Waals surface area contributed by atoms with Gasteiger partial charge in [-0.3, -0.25) is 4.79 Å². The molecule has 0 saturated carbocycles. The highest BCUT2D eigenvalue weighted by Gasteiger charge is 2.19. The summed E-state index contributed by atoms with van der Waals surface area (Å²) in [5.74, 6) is -1.70. The monoisotopic (exact) mass is 314 g/mol. The van der Waals surface area contributed by atoms with E-state index in [-0.39, 0.29) is 29.8 Å². The van der Waals surface area contributed by atoms with Crippen molar-refractivity contribution in [3.05, 3.63) is 29.3 Å². The molecule has 0 fully saturated rings. The molecule has 7 nitrogen and oxygen atoms in total. The molecule has 4 N–H and O–H groups in total. The number of nitrogens with one attached hydrogen (secondary N) is 1. The van der Waals surface area contributed by atoms with Crippen LogP contribution in [0.5, 0.6) is 0 Å². The molecular formula is C13H18N2O5S. The molecule has 1 amide bonds. The first-order chi connectivity index (χ1) is 9.77. The van der Waals surface area contributed by atoms with E-state index < -0.39 is 21.9 Å². The maximum Gasteiger partial charge on any atom is 0.335 e. The second kappa shape index (κ2) is 7.19. The van der Waals surface area contributed by atoms with Crippen molar-refractivity contribution in [1.29, 1.82) is 0 Å². The zero-order valence-corrected chi connectivity index (χ0v) is 12.4. The van der Waals surface area contributed by atoms with Crippen LogP contribution in [0.3, 0.4) is 0 Å². The zero-order chi connectivity index (χ0) is 16.0. The quantitative estimate of drug-likeness (QED) is 0.602. The summed E-state index contributed by atoms with van der Waals surface area (Å²) >= 11 is 0. The molecular weight excluding hydrogens is 296 g/mol. The number of hydrogen-bond donors (Lipinski definition) is 3. The lowest BCUT2D eigenvalue weighted by Gasteiger charge is -2.11. The molecule has 0 aliphatic carbocycles. The van der Waals surface area contributed by atoms with Gasteiger partial charge in [0.1, 0.15) is 0 Å². The average molecular weight is 314 g/mol. The molecule has 0 aromatic heterocycles. The van der Waals surface area contributed by atoms with E-state index in [2.05, 4.69) is 4.72 Å². The number of amides is 1. The summed E-state index contributed by atoms with van der Waals surface area (Å²) in [5, 5.41) is 8.95. The van der Waals surface area contributed by atoms with Crippen molar-refractivity contribution >= 4 is 21.9 Å². The maximum absolute atomic E-state index is 12.2. The van der Waals surface area contributed by atoms with Gasteiger partial charge < -0.3 is 10.8 Å². The molecule has 1 aromatic rings. The SMILES string of the molecule is CCc1ccc(C(=O)O)cc1S(=O)(=O)NCCCC(N)=O. The van der Waals surface area contributed by atoms with Crippen LogP contribution in [0.15, 0.2) is 23.1 Å². The minimum absolute atomic E-state index is 0.0519. The van der Waals surface area contributed by atoms with E-state index in [0.29, 0.717) is 12.0 Å². The summed E-state index contributed by atoms with van der Waals surface area (Å²) in [4.78, 5) is 21.5. The van der Waals surface area contributed by atoms with E-state index in [1.807, 2.05) is 0 Å². The second-order valence-electron chi connectivity index (χ2n) is 4.45. The third kappa shape index (κ3) is 4.83. The molecule has 8 heteroatoms. The number of sulfonamides is 1. The number of carboxylic acids is 1. The van der Waals surface area contributed by atoms with Crippen molar-refractivity contribution in [2.24, 2.45) is 5.73 Å². The molecule has 0 unspecified atom stereocenters. The topological polar surface area (TPSA) is 127 Å². The van der Waals surface area contributed by atoms with E-state index in [0.717, 1.165) is 6.07 Å². The predicted octanol–water partition coefficient (Wildman–Crippen LogP) is 0.491. The van der Waals surface area contributed by atoms with Crippen LogP contribution in [0.1, 0.15) is 35.7 Å².